The second-order valence-electron chi connectivity index (χ2n) is 3.99. The number of ether oxygens (including phenoxy) is 1. The molecular formula is C13H12ClN3O4. The number of pyridine rings is 1. The van der Waals surface area contributed by atoms with Crippen molar-refractivity contribution in [3.63, 3.8) is 0 Å². The van der Waals surface area contributed by atoms with Gasteiger partial charge in [-0.15, -0.1) is 10.1 Å². The average Bonchev–Trinajstić information content (AvgIpc) is 2.48. The van der Waals surface area contributed by atoms with Gasteiger partial charge in [0.1, 0.15) is 5.75 Å². The molecule has 1 aromatic carbocycles. The molecule has 0 saturated carbocycles. The van der Waals surface area contributed by atoms with Crippen LogP contribution in [0.4, 0.5) is 5.69 Å². The first-order valence-electron chi connectivity index (χ1n) is 5.94. The van der Waals surface area contributed by atoms with E-state index in [1.54, 1.807) is 13.2 Å². The van der Waals surface area contributed by atoms with Gasteiger partial charge in [-0.3, -0.25) is 4.84 Å². The lowest BCUT2D eigenvalue weighted by Crippen LogP contribution is -2.08. The quantitative estimate of drug-likeness (QED) is 0.501. The average molecular weight is 310 g/mol. The topological polar surface area (TPSA) is 86.5 Å². The van der Waals surface area contributed by atoms with Crippen molar-refractivity contribution < 1.29 is 14.7 Å². The molecule has 0 spiro atoms. The highest BCUT2D eigenvalue weighted by Gasteiger charge is 2.12. The Morgan fingerprint density at radius 2 is 2.05 bits per heavy atom. The fourth-order valence-electron chi connectivity index (χ4n) is 1.66. The van der Waals surface area contributed by atoms with Crippen molar-refractivity contribution in [3.8, 4) is 11.5 Å². The summed E-state index contributed by atoms with van der Waals surface area (Å²) >= 11 is 5.80. The van der Waals surface area contributed by atoms with Gasteiger partial charge in [-0.1, -0.05) is 23.7 Å². The van der Waals surface area contributed by atoms with E-state index >= 15 is 0 Å². The van der Waals surface area contributed by atoms with Crippen LogP contribution in [-0.4, -0.2) is 17.2 Å². The molecule has 7 nitrogen and oxygen atoms in total. The lowest BCUT2D eigenvalue weighted by atomic mass is 10.2. The standard InChI is InChI=1S/C13H12ClN3O4/c1-20-10-4-2-9(3-5-10)8-16-11-6-7-15-13(14)12(11)21-17(18)19/h2-7H,8H2,1H3,(H,15,16). The van der Waals surface area contributed by atoms with Crippen LogP contribution < -0.4 is 14.9 Å². The van der Waals surface area contributed by atoms with Gasteiger partial charge in [0.05, 0.1) is 12.8 Å². The monoisotopic (exact) mass is 309 g/mol. The molecule has 0 aliphatic rings. The van der Waals surface area contributed by atoms with E-state index in [4.69, 9.17) is 16.3 Å². The SMILES string of the molecule is COc1ccc(CNc2ccnc(Cl)c2O[N+](=O)[O-])cc1. The molecular weight excluding hydrogens is 298 g/mol. The third kappa shape index (κ3) is 3.96. The molecule has 1 aromatic heterocycles. The van der Waals surface area contributed by atoms with Gasteiger partial charge in [-0.05, 0) is 23.8 Å². The molecule has 0 fully saturated rings. The van der Waals surface area contributed by atoms with Crippen molar-refractivity contribution >= 4 is 17.3 Å². The molecule has 1 N–H and O–H groups in total. The van der Waals surface area contributed by atoms with Gasteiger partial charge in [-0.2, -0.15) is 0 Å². The number of hydrogen-bond donors (Lipinski definition) is 1. The number of benzene rings is 1. The molecule has 0 unspecified atom stereocenters. The smallest absolute Gasteiger partial charge is 0.299 e. The number of methoxy groups -OCH3 is 1. The van der Waals surface area contributed by atoms with Gasteiger partial charge in [0.2, 0.25) is 0 Å². The summed E-state index contributed by atoms with van der Waals surface area (Å²) in [5.74, 6) is 0.640. The highest BCUT2D eigenvalue weighted by Crippen LogP contribution is 2.31. The highest BCUT2D eigenvalue weighted by atomic mass is 35.5. The van der Waals surface area contributed by atoms with Crippen LogP contribution in [-0.2, 0) is 6.54 Å². The zero-order chi connectivity index (χ0) is 15.2. The number of halogens is 1. The first-order valence-corrected chi connectivity index (χ1v) is 6.31. The van der Waals surface area contributed by atoms with E-state index in [2.05, 4.69) is 15.1 Å². The molecule has 0 aliphatic carbocycles. The van der Waals surface area contributed by atoms with Gasteiger partial charge < -0.3 is 10.1 Å². The minimum atomic E-state index is -0.929. The van der Waals surface area contributed by atoms with E-state index in [1.165, 1.54) is 6.20 Å². The molecule has 0 amide bonds. The lowest BCUT2D eigenvalue weighted by Gasteiger charge is -2.11. The van der Waals surface area contributed by atoms with E-state index in [1.807, 2.05) is 24.3 Å². The van der Waals surface area contributed by atoms with Crippen LogP contribution in [0.25, 0.3) is 0 Å². The van der Waals surface area contributed by atoms with Crippen molar-refractivity contribution in [1.82, 2.24) is 4.98 Å². The first-order chi connectivity index (χ1) is 10.1. The largest absolute Gasteiger partial charge is 0.497 e. The molecule has 0 saturated heterocycles. The third-order valence-electron chi connectivity index (χ3n) is 2.67. The Kier molecular flexibility index (Phi) is 4.78. The first kappa shape index (κ1) is 14.9. The Morgan fingerprint density at radius 1 is 1.33 bits per heavy atom. The summed E-state index contributed by atoms with van der Waals surface area (Å²) in [4.78, 5) is 18.7. The molecule has 0 aliphatic heterocycles. The van der Waals surface area contributed by atoms with Crippen molar-refractivity contribution in [1.29, 1.82) is 0 Å². The van der Waals surface area contributed by atoms with Crippen LogP contribution in [0.2, 0.25) is 5.15 Å². The van der Waals surface area contributed by atoms with Gasteiger partial charge in [0, 0.05) is 12.7 Å². The van der Waals surface area contributed by atoms with Crippen LogP contribution >= 0.6 is 11.6 Å². The number of nitrogens with zero attached hydrogens (tertiary/aromatic N) is 2. The van der Waals surface area contributed by atoms with Crippen molar-refractivity contribution in [2.45, 2.75) is 6.54 Å². The van der Waals surface area contributed by atoms with Crippen LogP contribution in [0, 0.1) is 10.1 Å². The molecule has 2 rings (SSSR count). The van der Waals surface area contributed by atoms with Crippen molar-refractivity contribution in [2.75, 3.05) is 12.4 Å². The maximum atomic E-state index is 10.5. The van der Waals surface area contributed by atoms with Crippen LogP contribution in [0.1, 0.15) is 5.56 Å². The van der Waals surface area contributed by atoms with Gasteiger partial charge in [0.25, 0.3) is 5.09 Å². The maximum Gasteiger partial charge on any atom is 0.299 e. The van der Waals surface area contributed by atoms with Crippen molar-refractivity contribution in [3.05, 3.63) is 57.4 Å². The summed E-state index contributed by atoms with van der Waals surface area (Å²) in [5, 5.41) is 12.5. The summed E-state index contributed by atoms with van der Waals surface area (Å²) in [7, 11) is 1.59. The Labute approximate surface area is 125 Å². The maximum absolute atomic E-state index is 10.5. The van der Waals surface area contributed by atoms with Crippen molar-refractivity contribution in [2.24, 2.45) is 0 Å². The van der Waals surface area contributed by atoms with Crippen LogP contribution in [0.5, 0.6) is 11.5 Å². The summed E-state index contributed by atoms with van der Waals surface area (Å²) in [6, 6.07) is 8.95. The van der Waals surface area contributed by atoms with E-state index in [9.17, 15) is 10.1 Å². The van der Waals surface area contributed by atoms with Gasteiger partial charge >= 0.3 is 0 Å². The van der Waals surface area contributed by atoms with E-state index in [0.717, 1.165) is 11.3 Å². The number of nitrogens with one attached hydrogen (secondary N) is 1. The Balaban J connectivity index is 2.11. The van der Waals surface area contributed by atoms with E-state index < -0.39 is 5.09 Å². The summed E-state index contributed by atoms with van der Waals surface area (Å²) in [6.07, 6.45) is 1.44. The minimum Gasteiger partial charge on any atom is -0.497 e. The second-order valence-corrected chi connectivity index (χ2v) is 4.35. The highest BCUT2D eigenvalue weighted by molar-refractivity contribution is 6.31. The van der Waals surface area contributed by atoms with E-state index in [0.29, 0.717) is 12.2 Å². The number of rotatable bonds is 6. The van der Waals surface area contributed by atoms with E-state index in [-0.39, 0.29) is 10.9 Å². The number of hydrogen-bond acceptors (Lipinski definition) is 6. The predicted molar refractivity (Wildman–Crippen MR) is 77.2 cm³/mol. The summed E-state index contributed by atoms with van der Waals surface area (Å²) in [6.45, 7) is 0.443. The Morgan fingerprint density at radius 3 is 2.67 bits per heavy atom. The Hall–Kier alpha value is -2.54. The summed E-state index contributed by atoms with van der Waals surface area (Å²) < 4.78 is 5.07. The predicted octanol–water partition coefficient (Wildman–Crippen LogP) is 2.93. The second kappa shape index (κ2) is 6.76. The third-order valence-corrected chi connectivity index (χ3v) is 2.94. The fraction of sp³-hybridized carbons (Fsp3) is 0.154. The number of aromatic nitrogens is 1. The zero-order valence-electron chi connectivity index (χ0n) is 11.1. The molecule has 1 heterocycles. The zero-order valence-corrected chi connectivity index (χ0v) is 11.8. The molecule has 8 heteroatoms. The molecule has 2 aromatic rings. The molecule has 110 valence electrons. The molecule has 0 bridgehead atoms. The van der Waals surface area contributed by atoms with Gasteiger partial charge in [-0.25, -0.2) is 4.98 Å². The Bertz CT molecular complexity index is 634. The van der Waals surface area contributed by atoms with Gasteiger partial charge in [0.15, 0.2) is 10.9 Å². The van der Waals surface area contributed by atoms with Crippen LogP contribution in [0.3, 0.4) is 0 Å². The molecule has 0 radical (unpaired) electrons. The minimum absolute atomic E-state index is 0.0774. The number of anilines is 1. The molecule has 21 heavy (non-hydrogen) atoms. The van der Waals surface area contributed by atoms with Crippen LogP contribution in [0.15, 0.2) is 36.5 Å². The fourth-order valence-corrected chi connectivity index (χ4v) is 1.86. The lowest BCUT2D eigenvalue weighted by molar-refractivity contribution is -0.710. The normalized spacial score (nSPS) is 10.0. The molecule has 0 atom stereocenters. The summed E-state index contributed by atoms with van der Waals surface area (Å²) in [5.41, 5.74) is 1.36.